The van der Waals surface area contributed by atoms with Crippen LogP contribution in [0.4, 0.5) is 0 Å². The first-order valence-corrected chi connectivity index (χ1v) is 9.40. The highest BCUT2D eigenvalue weighted by atomic mass is 79.9. The molecule has 0 N–H and O–H groups in total. The third kappa shape index (κ3) is 3.35. The number of halogens is 1. The molecule has 118 valence electrons. The Morgan fingerprint density at radius 2 is 1.74 bits per heavy atom. The molecule has 0 saturated heterocycles. The van der Waals surface area contributed by atoms with Crippen molar-refractivity contribution in [3.8, 4) is 0 Å². The lowest BCUT2D eigenvalue weighted by atomic mass is 9.94. The second-order valence-corrected chi connectivity index (χ2v) is 7.38. The molecular formula is C20H23BBrN. The maximum Gasteiger partial charge on any atom is 0.113 e. The molecule has 1 nitrogen and oxygen atoms in total. The quantitative estimate of drug-likeness (QED) is 0.502. The van der Waals surface area contributed by atoms with E-state index in [1.807, 2.05) is 6.07 Å². The van der Waals surface area contributed by atoms with E-state index in [9.17, 15) is 0 Å². The zero-order chi connectivity index (χ0) is 16.4. The van der Waals surface area contributed by atoms with Crippen molar-refractivity contribution in [2.75, 3.05) is 0 Å². The summed E-state index contributed by atoms with van der Waals surface area (Å²) >= 11 is 3.60. The Balaban J connectivity index is 2.13. The first kappa shape index (κ1) is 16.6. The van der Waals surface area contributed by atoms with Crippen LogP contribution in [0.25, 0.3) is 21.8 Å². The molecule has 0 amide bonds. The minimum atomic E-state index is 0.731. The fourth-order valence-electron chi connectivity index (χ4n) is 3.47. The minimum absolute atomic E-state index is 0.731. The van der Waals surface area contributed by atoms with Gasteiger partial charge in [-0.1, -0.05) is 66.6 Å². The van der Waals surface area contributed by atoms with Gasteiger partial charge < -0.3 is 4.57 Å². The maximum atomic E-state index is 6.03. The largest absolute Gasteiger partial charge is 0.340 e. The van der Waals surface area contributed by atoms with Crippen LogP contribution in [0.5, 0.6) is 0 Å². The summed E-state index contributed by atoms with van der Waals surface area (Å²) in [6.07, 6.45) is 5.12. The normalized spacial score (nSPS) is 13.0. The summed E-state index contributed by atoms with van der Waals surface area (Å²) in [5.41, 5.74) is 3.43. The van der Waals surface area contributed by atoms with E-state index >= 15 is 0 Å². The van der Waals surface area contributed by atoms with E-state index in [2.05, 4.69) is 64.7 Å². The summed E-state index contributed by atoms with van der Waals surface area (Å²) in [5, 5.41) is 2.54. The lowest BCUT2D eigenvalue weighted by molar-refractivity contribution is 0.401. The standard InChI is InChI=1S/C20H23BBrN/c1-3-5-6-14(4-2)13-23-19-9-7-15(21)11-17(19)18-12-16(22)8-10-20(18)23/h7-12,14H,3-6,13H2,1-2H3. The molecule has 0 fully saturated rings. The van der Waals surface area contributed by atoms with Crippen LogP contribution in [0.15, 0.2) is 40.9 Å². The van der Waals surface area contributed by atoms with Gasteiger partial charge in [0.1, 0.15) is 7.85 Å². The van der Waals surface area contributed by atoms with Crippen molar-refractivity contribution in [2.45, 2.75) is 46.1 Å². The number of hydrogen-bond acceptors (Lipinski definition) is 0. The first-order valence-electron chi connectivity index (χ1n) is 8.61. The molecule has 1 atom stereocenters. The Bertz CT molecular complexity index is 762. The molecular weight excluding hydrogens is 345 g/mol. The molecule has 3 heteroatoms. The van der Waals surface area contributed by atoms with Crippen molar-refractivity contribution < 1.29 is 0 Å². The first-order chi connectivity index (χ1) is 11.1. The van der Waals surface area contributed by atoms with Gasteiger partial charge in [0, 0.05) is 32.8 Å². The van der Waals surface area contributed by atoms with Gasteiger partial charge in [0.15, 0.2) is 0 Å². The number of benzene rings is 2. The molecule has 0 aliphatic carbocycles. The molecule has 0 aliphatic heterocycles. The Morgan fingerprint density at radius 1 is 1.04 bits per heavy atom. The van der Waals surface area contributed by atoms with Gasteiger partial charge in [-0.05, 0) is 36.6 Å². The third-order valence-corrected chi connectivity index (χ3v) is 5.33. The number of fused-ring (bicyclic) bond motifs is 3. The number of hydrogen-bond donors (Lipinski definition) is 0. The smallest absolute Gasteiger partial charge is 0.113 e. The van der Waals surface area contributed by atoms with Crippen molar-refractivity contribution in [2.24, 2.45) is 5.92 Å². The molecule has 0 spiro atoms. The van der Waals surface area contributed by atoms with Crippen LogP contribution in [0, 0.1) is 5.92 Å². The van der Waals surface area contributed by atoms with Crippen LogP contribution in [-0.2, 0) is 6.54 Å². The van der Waals surface area contributed by atoms with E-state index < -0.39 is 0 Å². The van der Waals surface area contributed by atoms with Gasteiger partial charge in [0.2, 0.25) is 0 Å². The van der Waals surface area contributed by atoms with Crippen LogP contribution in [0.1, 0.15) is 39.5 Å². The van der Waals surface area contributed by atoms with Gasteiger partial charge in [-0.15, -0.1) is 0 Å². The Hall–Kier alpha value is -1.22. The molecule has 1 aromatic heterocycles. The lowest BCUT2D eigenvalue weighted by Crippen LogP contribution is -2.10. The van der Waals surface area contributed by atoms with Crippen molar-refractivity contribution in [3.63, 3.8) is 0 Å². The van der Waals surface area contributed by atoms with Crippen molar-refractivity contribution in [1.82, 2.24) is 4.57 Å². The van der Waals surface area contributed by atoms with E-state index in [0.717, 1.165) is 22.4 Å². The van der Waals surface area contributed by atoms with Gasteiger partial charge in [-0.2, -0.15) is 0 Å². The predicted molar refractivity (Wildman–Crippen MR) is 106 cm³/mol. The summed E-state index contributed by atoms with van der Waals surface area (Å²) in [4.78, 5) is 0. The summed E-state index contributed by atoms with van der Waals surface area (Å²) in [7, 11) is 6.03. The fraction of sp³-hybridized carbons (Fsp3) is 0.400. The van der Waals surface area contributed by atoms with Gasteiger partial charge in [0.25, 0.3) is 0 Å². The highest BCUT2D eigenvalue weighted by Gasteiger charge is 2.14. The van der Waals surface area contributed by atoms with Crippen LogP contribution < -0.4 is 5.46 Å². The molecule has 3 rings (SSSR count). The number of rotatable bonds is 6. The fourth-order valence-corrected chi connectivity index (χ4v) is 3.83. The summed E-state index contributed by atoms with van der Waals surface area (Å²) < 4.78 is 3.60. The maximum absolute atomic E-state index is 6.03. The zero-order valence-corrected chi connectivity index (χ0v) is 15.6. The summed E-state index contributed by atoms with van der Waals surface area (Å²) in [6, 6.07) is 12.9. The van der Waals surface area contributed by atoms with E-state index in [1.165, 1.54) is 47.5 Å². The molecule has 0 aliphatic rings. The van der Waals surface area contributed by atoms with E-state index in [1.54, 1.807) is 0 Å². The van der Waals surface area contributed by atoms with Gasteiger partial charge >= 0.3 is 0 Å². The molecule has 2 radical (unpaired) electrons. The van der Waals surface area contributed by atoms with Gasteiger partial charge in [0.05, 0.1) is 0 Å². The minimum Gasteiger partial charge on any atom is -0.340 e. The highest BCUT2D eigenvalue weighted by molar-refractivity contribution is 9.10. The summed E-state index contributed by atoms with van der Waals surface area (Å²) in [5.74, 6) is 0.731. The van der Waals surface area contributed by atoms with Gasteiger partial charge in [-0.25, -0.2) is 0 Å². The van der Waals surface area contributed by atoms with E-state index in [-0.39, 0.29) is 0 Å². The number of nitrogens with zero attached hydrogens (tertiary/aromatic N) is 1. The topological polar surface area (TPSA) is 4.93 Å². The van der Waals surface area contributed by atoms with Crippen molar-refractivity contribution in [3.05, 3.63) is 40.9 Å². The Kier molecular flexibility index (Phi) is 5.16. The van der Waals surface area contributed by atoms with Crippen molar-refractivity contribution >= 4 is 51.0 Å². The van der Waals surface area contributed by atoms with E-state index in [4.69, 9.17) is 7.85 Å². The Labute approximate surface area is 148 Å². The number of unbranched alkanes of at least 4 members (excludes halogenated alkanes) is 1. The molecule has 23 heavy (non-hydrogen) atoms. The molecule has 2 aromatic carbocycles. The van der Waals surface area contributed by atoms with Crippen LogP contribution >= 0.6 is 15.9 Å². The number of aromatic nitrogens is 1. The summed E-state index contributed by atoms with van der Waals surface area (Å²) in [6.45, 7) is 5.66. The van der Waals surface area contributed by atoms with E-state index in [0.29, 0.717) is 0 Å². The SMILES string of the molecule is [B]c1ccc2c(c1)c1cc(Br)ccc1n2CC(CC)CCCC. The predicted octanol–water partition coefficient (Wildman–Crippen LogP) is 5.57. The average molecular weight is 368 g/mol. The zero-order valence-electron chi connectivity index (χ0n) is 14.0. The Morgan fingerprint density at radius 3 is 2.43 bits per heavy atom. The molecule has 0 bridgehead atoms. The van der Waals surface area contributed by atoms with Crippen molar-refractivity contribution in [1.29, 1.82) is 0 Å². The molecule has 0 saturated carbocycles. The van der Waals surface area contributed by atoms with Crippen LogP contribution in [0.2, 0.25) is 0 Å². The molecule has 1 heterocycles. The van der Waals surface area contributed by atoms with Gasteiger partial charge in [-0.3, -0.25) is 0 Å². The average Bonchev–Trinajstić information content (AvgIpc) is 2.84. The molecule has 1 unspecified atom stereocenters. The monoisotopic (exact) mass is 367 g/mol. The highest BCUT2D eigenvalue weighted by Crippen LogP contribution is 2.32. The second-order valence-electron chi connectivity index (χ2n) is 6.47. The lowest BCUT2D eigenvalue weighted by Gasteiger charge is -2.17. The second kappa shape index (κ2) is 7.13. The van der Waals surface area contributed by atoms with Crippen LogP contribution in [-0.4, -0.2) is 12.4 Å². The third-order valence-electron chi connectivity index (χ3n) is 4.84. The van der Waals surface area contributed by atoms with Crippen LogP contribution in [0.3, 0.4) is 0 Å². The molecule has 3 aromatic rings.